The van der Waals surface area contributed by atoms with E-state index in [2.05, 4.69) is 33.0 Å². The number of nitrogens with one attached hydrogen (secondary N) is 1. The van der Waals surface area contributed by atoms with Gasteiger partial charge in [-0.2, -0.15) is 0 Å². The van der Waals surface area contributed by atoms with Crippen LogP contribution >= 0.6 is 23.2 Å². The van der Waals surface area contributed by atoms with E-state index in [1.165, 1.54) is 6.07 Å². The van der Waals surface area contributed by atoms with Gasteiger partial charge in [0.05, 0.1) is 15.6 Å². The van der Waals surface area contributed by atoms with Crippen LogP contribution in [0.25, 0.3) is 0 Å². The summed E-state index contributed by atoms with van der Waals surface area (Å²) in [6.07, 6.45) is 0.505. The van der Waals surface area contributed by atoms with Crippen LogP contribution in [0.2, 0.25) is 10.0 Å². The molecule has 0 atom stereocenters. The predicted octanol–water partition coefficient (Wildman–Crippen LogP) is 5.02. The molecule has 0 aromatic heterocycles. The molecule has 0 bridgehead atoms. The molecular weight excluding hydrogens is 325 g/mol. The number of rotatable bonds is 4. The van der Waals surface area contributed by atoms with Crippen molar-refractivity contribution in [2.45, 2.75) is 48.1 Å². The van der Waals surface area contributed by atoms with Gasteiger partial charge in [-0.25, -0.2) is 4.79 Å². The predicted molar refractivity (Wildman–Crippen MR) is 92.8 cm³/mol. The summed E-state index contributed by atoms with van der Waals surface area (Å²) < 4.78 is 0. The molecule has 1 aromatic carbocycles. The van der Waals surface area contributed by atoms with Crippen molar-refractivity contribution in [3.8, 4) is 0 Å². The van der Waals surface area contributed by atoms with E-state index in [0.717, 1.165) is 0 Å². The first kappa shape index (κ1) is 23.0. The van der Waals surface area contributed by atoms with Gasteiger partial charge in [0.1, 0.15) is 0 Å². The number of carbonyl (C=O) groups is 2. The molecule has 0 unspecified atom stereocenters. The molecular formula is C16H25Cl2NO3. The van der Waals surface area contributed by atoms with Crippen LogP contribution in [0.15, 0.2) is 12.1 Å². The lowest BCUT2D eigenvalue weighted by molar-refractivity contribution is -0.109. The fraction of sp³-hybridized carbons (Fsp3) is 0.500. The van der Waals surface area contributed by atoms with Crippen LogP contribution in [0.4, 0.5) is 0 Å². The molecule has 126 valence electrons. The number of aromatic carboxylic acids is 1. The van der Waals surface area contributed by atoms with E-state index in [0.29, 0.717) is 17.4 Å². The molecule has 0 radical (unpaired) electrons. The Morgan fingerprint density at radius 1 is 1.23 bits per heavy atom. The third-order valence-electron chi connectivity index (χ3n) is 1.76. The molecule has 1 aromatic rings. The molecule has 0 aliphatic rings. The number of carboxylic acids is 1. The fourth-order valence-corrected chi connectivity index (χ4v) is 1.68. The third-order valence-corrected chi connectivity index (χ3v) is 2.51. The number of benzene rings is 1. The highest BCUT2D eigenvalue weighted by Crippen LogP contribution is 2.28. The molecule has 2 N–H and O–H groups in total. The van der Waals surface area contributed by atoms with Crippen molar-refractivity contribution >= 4 is 35.6 Å². The first-order valence-electron chi connectivity index (χ1n) is 6.95. The van der Waals surface area contributed by atoms with Crippen LogP contribution in [-0.2, 0) is 11.3 Å². The number of carboxylic acid groups (broad SMARTS) is 1. The Balaban J connectivity index is 0. The topological polar surface area (TPSA) is 66.4 Å². The van der Waals surface area contributed by atoms with Gasteiger partial charge in [-0.3, -0.25) is 4.79 Å². The molecule has 4 nitrogen and oxygen atoms in total. The third kappa shape index (κ3) is 10.5. The van der Waals surface area contributed by atoms with E-state index in [-0.39, 0.29) is 22.2 Å². The van der Waals surface area contributed by atoms with Gasteiger partial charge in [0.15, 0.2) is 0 Å². The van der Waals surface area contributed by atoms with Gasteiger partial charge in [0, 0.05) is 6.54 Å². The van der Waals surface area contributed by atoms with Gasteiger partial charge in [0.25, 0.3) is 0 Å². The molecule has 0 saturated heterocycles. The first-order valence-corrected chi connectivity index (χ1v) is 7.70. The molecule has 1 amide bonds. The minimum Gasteiger partial charge on any atom is -0.478 e. The van der Waals surface area contributed by atoms with Crippen molar-refractivity contribution in [2.75, 3.05) is 0 Å². The molecule has 1 rings (SSSR count). The van der Waals surface area contributed by atoms with Crippen molar-refractivity contribution in [3.05, 3.63) is 33.3 Å². The molecule has 22 heavy (non-hydrogen) atoms. The minimum atomic E-state index is -1.20. The smallest absolute Gasteiger partial charge is 0.338 e. The van der Waals surface area contributed by atoms with Crippen LogP contribution in [-0.4, -0.2) is 17.5 Å². The molecule has 0 aliphatic carbocycles. The molecule has 0 saturated carbocycles. The normalized spacial score (nSPS) is 9.64. The zero-order valence-corrected chi connectivity index (χ0v) is 15.5. The fourth-order valence-electron chi connectivity index (χ4n) is 1.08. The van der Waals surface area contributed by atoms with Crippen LogP contribution in [0.3, 0.4) is 0 Å². The molecule has 0 fully saturated rings. The highest BCUT2D eigenvalue weighted by Gasteiger charge is 2.16. The lowest BCUT2D eigenvalue weighted by atomic mass is 10.0. The second-order valence-corrected chi connectivity index (χ2v) is 6.48. The monoisotopic (exact) mass is 349 g/mol. The van der Waals surface area contributed by atoms with Gasteiger partial charge in [0.2, 0.25) is 6.41 Å². The van der Waals surface area contributed by atoms with Crippen molar-refractivity contribution in [1.82, 2.24) is 5.32 Å². The van der Waals surface area contributed by atoms with Crippen molar-refractivity contribution in [2.24, 2.45) is 5.41 Å². The lowest BCUT2D eigenvalue weighted by Gasteiger charge is -2.07. The summed E-state index contributed by atoms with van der Waals surface area (Å²) >= 11 is 11.5. The maximum absolute atomic E-state index is 10.8. The number of halogens is 2. The standard InChI is InChI=1S/C9H7Cl2NO3.C5H12.C2H6/c10-6-2-1-5(3-12-4-13)8(11)7(6)9(14)15;1-5(2,3)4;1-2/h1-2,4H,3H2,(H,12,13)(H,14,15);1-4H3;1-2H3. The Hall–Kier alpha value is -1.26. The quantitative estimate of drug-likeness (QED) is 0.750. The summed E-state index contributed by atoms with van der Waals surface area (Å²) in [4.78, 5) is 20.9. The zero-order valence-electron chi connectivity index (χ0n) is 14.0. The van der Waals surface area contributed by atoms with Gasteiger partial charge in [-0.15, -0.1) is 0 Å². The second kappa shape index (κ2) is 11.3. The Morgan fingerprint density at radius 2 is 1.68 bits per heavy atom. The Labute approximate surface area is 142 Å². The summed E-state index contributed by atoms with van der Waals surface area (Å²) in [5.41, 5.74) is 0.856. The summed E-state index contributed by atoms with van der Waals surface area (Å²) in [5, 5.41) is 11.3. The zero-order chi connectivity index (χ0) is 17.9. The Morgan fingerprint density at radius 3 is 2.05 bits per heavy atom. The van der Waals surface area contributed by atoms with Gasteiger partial charge >= 0.3 is 5.97 Å². The highest BCUT2D eigenvalue weighted by atomic mass is 35.5. The molecule has 0 aliphatic heterocycles. The van der Waals surface area contributed by atoms with Crippen molar-refractivity contribution in [3.63, 3.8) is 0 Å². The summed E-state index contributed by atoms with van der Waals surface area (Å²) in [6, 6.07) is 2.99. The van der Waals surface area contributed by atoms with Crippen LogP contribution in [0.1, 0.15) is 57.5 Å². The number of hydrogen-bond acceptors (Lipinski definition) is 2. The average molecular weight is 350 g/mol. The maximum atomic E-state index is 10.8. The largest absolute Gasteiger partial charge is 0.478 e. The highest BCUT2D eigenvalue weighted by molar-refractivity contribution is 6.39. The molecule has 0 spiro atoms. The van der Waals surface area contributed by atoms with Crippen LogP contribution in [0, 0.1) is 5.41 Å². The number of hydrogen-bond donors (Lipinski definition) is 2. The molecule has 0 heterocycles. The maximum Gasteiger partial charge on any atom is 0.338 e. The van der Waals surface area contributed by atoms with E-state index >= 15 is 0 Å². The number of carbonyl (C=O) groups excluding carboxylic acids is 1. The van der Waals surface area contributed by atoms with E-state index in [1.54, 1.807) is 6.07 Å². The summed E-state index contributed by atoms with van der Waals surface area (Å²) in [5.74, 6) is -1.20. The van der Waals surface area contributed by atoms with E-state index in [1.807, 2.05) is 13.8 Å². The average Bonchev–Trinajstić information content (AvgIpc) is 2.38. The van der Waals surface area contributed by atoms with Crippen LogP contribution in [0.5, 0.6) is 0 Å². The minimum absolute atomic E-state index is 0.0457. The second-order valence-electron chi connectivity index (χ2n) is 5.70. The van der Waals surface area contributed by atoms with Gasteiger partial charge < -0.3 is 10.4 Å². The lowest BCUT2D eigenvalue weighted by Crippen LogP contribution is -2.11. The Bertz CT molecular complexity index is 477. The van der Waals surface area contributed by atoms with Crippen LogP contribution < -0.4 is 5.32 Å². The molecule has 6 heteroatoms. The van der Waals surface area contributed by atoms with Gasteiger partial charge in [-0.1, -0.05) is 70.8 Å². The SMILES string of the molecule is CC.CC(C)(C)C.O=CNCc1ccc(Cl)c(C(=O)O)c1Cl. The summed E-state index contributed by atoms with van der Waals surface area (Å²) in [6.45, 7) is 12.9. The van der Waals surface area contributed by atoms with E-state index in [4.69, 9.17) is 28.3 Å². The van der Waals surface area contributed by atoms with Crippen molar-refractivity contribution < 1.29 is 14.7 Å². The number of amides is 1. The summed E-state index contributed by atoms with van der Waals surface area (Å²) in [7, 11) is 0. The Kier molecular flexibility index (Phi) is 11.8. The van der Waals surface area contributed by atoms with Crippen molar-refractivity contribution in [1.29, 1.82) is 0 Å². The van der Waals surface area contributed by atoms with Gasteiger partial charge in [-0.05, 0) is 17.0 Å². The van der Waals surface area contributed by atoms with E-state index in [9.17, 15) is 9.59 Å². The van der Waals surface area contributed by atoms with E-state index < -0.39 is 5.97 Å². The first-order chi connectivity index (χ1) is 10.1.